The molecule has 0 aliphatic heterocycles. The summed E-state index contributed by atoms with van der Waals surface area (Å²) in [6, 6.07) is 0. The van der Waals surface area contributed by atoms with Crippen LogP contribution in [-0.2, 0) is 11.3 Å². The zero-order valence-electron chi connectivity index (χ0n) is 9.92. The summed E-state index contributed by atoms with van der Waals surface area (Å²) in [6.45, 7) is 7.55. The van der Waals surface area contributed by atoms with E-state index in [1.54, 1.807) is 7.11 Å². The third-order valence-electron chi connectivity index (χ3n) is 2.25. The van der Waals surface area contributed by atoms with Crippen molar-refractivity contribution in [3.63, 3.8) is 0 Å². The van der Waals surface area contributed by atoms with Crippen molar-refractivity contribution in [2.75, 3.05) is 19.0 Å². The fraction of sp³-hybridized carbons (Fsp3) is 0.636. The van der Waals surface area contributed by atoms with Gasteiger partial charge in [-0.2, -0.15) is 0 Å². The minimum Gasteiger partial charge on any atom is -0.377 e. The van der Waals surface area contributed by atoms with Crippen LogP contribution in [0.3, 0.4) is 0 Å². The van der Waals surface area contributed by atoms with E-state index in [9.17, 15) is 0 Å². The van der Waals surface area contributed by atoms with Gasteiger partial charge in [-0.25, -0.2) is 9.97 Å². The smallest absolute Gasteiger partial charge is 0.156 e. The van der Waals surface area contributed by atoms with Crippen LogP contribution in [0.2, 0.25) is 0 Å². The number of aromatic nitrogens is 2. The van der Waals surface area contributed by atoms with Gasteiger partial charge in [0.1, 0.15) is 12.4 Å². The summed E-state index contributed by atoms with van der Waals surface area (Å²) in [5.74, 6) is 1.66. The minimum absolute atomic E-state index is 0.460. The van der Waals surface area contributed by atoms with Gasteiger partial charge < -0.3 is 10.1 Å². The molecule has 0 radical (unpaired) electrons. The van der Waals surface area contributed by atoms with Gasteiger partial charge in [-0.3, -0.25) is 0 Å². The van der Waals surface area contributed by atoms with E-state index < -0.39 is 0 Å². The van der Waals surface area contributed by atoms with E-state index in [2.05, 4.69) is 22.2 Å². The lowest BCUT2D eigenvalue weighted by Crippen LogP contribution is -2.09. The summed E-state index contributed by atoms with van der Waals surface area (Å²) in [6.07, 6.45) is 1.09. The number of rotatable bonds is 5. The Bertz CT molecular complexity index is 326. The summed E-state index contributed by atoms with van der Waals surface area (Å²) < 4.78 is 5.03. The van der Waals surface area contributed by atoms with Crippen molar-refractivity contribution < 1.29 is 4.74 Å². The molecule has 0 spiro atoms. The number of methoxy groups -OCH3 is 1. The van der Waals surface area contributed by atoms with Crippen LogP contribution in [-0.4, -0.2) is 23.6 Å². The van der Waals surface area contributed by atoms with Crippen LogP contribution in [0.5, 0.6) is 0 Å². The van der Waals surface area contributed by atoms with Gasteiger partial charge in [-0.05, 0) is 20.3 Å². The Morgan fingerprint density at radius 3 is 2.60 bits per heavy atom. The van der Waals surface area contributed by atoms with Gasteiger partial charge in [-0.15, -0.1) is 0 Å². The first-order valence-electron chi connectivity index (χ1n) is 5.26. The number of aryl methyl sites for hydroxylation is 1. The third-order valence-corrected chi connectivity index (χ3v) is 2.25. The fourth-order valence-electron chi connectivity index (χ4n) is 1.30. The average molecular weight is 209 g/mol. The molecular formula is C11H19N3O. The molecule has 0 aliphatic rings. The maximum absolute atomic E-state index is 5.03. The quantitative estimate of drug-likeness (QED) is 0.806. The van der Waals surface area contributed by atoms with E-state index in [1.807, 2.05) is 13.8 Å². The first-order chi connectivity index (χ1) is 7.19. The van der Waals surface area contributed by atoms with Crippen LogP contribution in [0, 0.1) is 13.8 Å². The maximum atomic E-state index is 5.03. The first kappa shape index (κ1) is 11.9. The Balaban J connectivity index is 2.91. The molecule has 1 rings (SSSR count). The molecule has 0 atom stereocenters. The largest absolute Gasteiger partial charge is 0.377 e. The fourth-order valence-corrected chi connectivity index (χ4v) is 1.30. The second kappa shape index (κ2) is 5.66. The molecule has 0 aromatic carbocycles. The van der Waals surface area contributed by atoms with Crippen molar-refractivity contribution in [2.24, 2.45) is 0 Å². The Labute approximate surface area is 91.1 Å². The van der Waals surface area contributed by atoms with Crippen LogP contribution in [0.15, 0.2) is 0 Å². The van der Waals surface area contributed by atoms with Crippen molar-refractivity contribution >= 4 is 5.82 Å². The lowest BCUT2D eigenvalue weighted by molar-refractivity contribution is 0.177. The molecular weight excluding hydrogens is 190 g/mol. The third kappa shape index (κ3) is 3.16. The normalized spacial score (nSPS) is 10.4. The van der Waals surface area contributed by atoms with Crippen LogP contribution in [0.4, 0.5) is 5.82 Å². The average Bonchev–Trinajstić information content (AvgIpc) is 2.21. The summed E-state index contributed by atoms with van der Waals surface area (Å²) in [4.78, 5) is 8.77. The monoisotopic (exact) mass is 209 g/mol. The predicted molar refractivity (Wildman–Crippen MR) is 61.0 cm³/mol. The van der Waals surface area contributed by atoms with Gasteiger partial charge in [0, 0.05) is 24.9 Å². The van der Waals surface area contributed by atoms with Crippen LogP contribution < -0.4 is 5.32 Å². The number of hydrogen-bond acceptors (Lipinski definition) is 4. The highest BCUT2D eigenvalue weighted by Crippen LogP contribution is 2.14. The van der Waals surface area contributed by atoms with Crippen molar-refractivity contribution in [3.8, 4) is 0 Å². The standard InChI is InChI=1S/C11H19N3O/c1-5-6-12-11-8(2)9(3)13-10(14-11)7-15-4/h5-7H2,1-4H3,(H,12,13,14). The molecule has 0 aliphatic carbocycles. The second-order valence-electron chi connectivity index (χ2n) is 3.56. The van der Waals surface area contributed by atoms with Gasteiger partial charge in [0.05, 0.1) is 0 Å². The second-order valence-corrected chi connectivity index (χ2v) is 3.56. The maximum Gasteiger partial charge on any atom is 0.156 e. The highest BCUT2D eigenvalue weighted by molar-refractivity contribution is 5.45. The molecule has 0 fully saturated rings. The van der Waals surface area contributed by atoms with E-state index >= 15 is 0 Å². The number of anilines is 1. The number of hydrogen-bond donors (Lipinski definition) is 1. The molecule has 0 saturated carbocycles. The molecule has 1 N–H and O–H groups in total. The predicted octanol–water partition coefficient (Wildman–Crippen LogP) is 2.06. The molecule has 0 unspecified atom stereocenters. The molecule has 4 heteroatoms. The van der Waals surface area contributed by atoms with Crippen LogP contribution >= 0.6 is 0 Å². The van der Waals surface area contributed by atoms with Crippen molar-refractivity contribution in [1.29, 1.82) is 0 Å². The topological polar surface area (TPSA) is 47.0 Å². The molecule has 1 heterocycles. The summed E-state index contributed by atoms with van der Waals surface area (Å²) >= 11 is 0. The molecule has 0 bridgehead atoms. The molecule has 4 nitrogen and oxygen atoms in total. The Morgan fingerprint density at radius 2 is 2.00 bits per heavy atom. The number of ether oxygens (including phenoxy) is 1. The lowest BCUT2D eigenvalue weighted by atomic mass is 10.2. The molecule has 84 valence electrons. The highest BCUT2D eigenvalue weighted by atomic mass is 16.5. The Hall–Kier alpha value is -1.16. The lowest BCUT2D eigenvalue weighted by Gasteiger charge is -2.11. The van der Waals surface area contributed by atoms with E-state index in [1.165, 1.54) is 0 Å². The molecule has 1 aromatic heterocycles. The van der Waals surface area contributed by atoms with E-state index in [4.69, 9.17) is 4.74 Å². The highest BCUT2D eigenvalue weighted by Gasteiger charge is 2.06. The van der Waals surface area contributed by atoms with Crippen molar-refractivity contribution in [1.82, 2.24) is 9.97 Å². The van der Waals surface area contributed by atoms with Crippen LogP contribution in [0.1, 0.15) is 30.4 Å². The summed E-state index contributed by atoms with van der Waals surface area (Å²) in [5, 5.41) is 3.30. The van der Waals surface area contributed by atoms with Gasteiger partial charge in [-0.1, -0.05) is 6.92 Å². The van der Waals surface area contributed by atoms with Crippen molar-refractivity contribution in [2.45, 2.75) is 33.8 Å². The molecule has 1 aromatic rings. The van der Waals surface area contributed by atoms with Gasteiger partial charge in [0.15, 0.2) is 5.82 Å². The van der Waals surface area contributed by atoms with E-state index in [-0.39, 0.29) is 0 Å². The van der Waals surface area contributed by atoms with Gasteiger partial charge in [0.25, 0.3) is 0 Å². The summed E-state index contributed by atoms with van der Waals surface area (Å²) in [5.41, 5.74) is 2.12. The molecule has 15 heavy (non-hydrogen) atoms. The van der Waals surface area contributed by atoms with E-state index in [0.717, 1.165) is 35.9 Å². The Kier molecular flexibility index (Phi) is 4.49. The van der Waals surface area contributed by atoms with Crippen LogP contribution in [0.25, 0.3) is 0 Å². The summed E-state index contributed by atoms with van der Waals surface area (Å²) in [7, 11) is 1.65. The zero-order valence-corrected chi connectivity index (χ0v) is 9.92. The Morgan fingerprint density at radius 1 is 1.27 bits per heavy atom. The molecule has 0 amide bonds. The number of nitrogens with one attached hydrogen (secondary N) is 1. The minimum atomic E-state index is 0.460. The number of nitrogens with zero attached hydrogens (tertiary/aromatic N) is 2. The van der Waals surface area contributed by atoms with Gasteiger partial charge >= 0.3 is 0 Å². The first-order valence-corrected chi connectivity index (χ1v) is 5.26. The van der Waals surface area contributed by atoms with E-state index in [0.29, 0.717) is 6.61 Å². The zero-order chi connectivity index (χ0) is 11.3. The SMILES string of the molecule is CCCNc1nc(COC)nc(C)c1C. The molecule has 0 saturated heterocycles. The van der Waals surface area contributed by atoms with Gasteiger partial charge in [0.2, 0.25) is 0 Å². The van der Waals surface area contributed by atoms with Crippen molar-refractivity contribution in [3.05, 3.63) is 17.1 Å².